The maximum Gasteiger partial charge on any atom is 0.328 e. The maximum atomic E-state index is 10.6. The first-order chi connectivity index (χ1) is 9.63. The molecule has 20 heavy (non-hydrogen) atoms. The second-order valence-electron chi connectivity index (χ2n) is 7.03. The zero-order chi connectivity index (χ0) is 13.7. The van der Waals surface area contributed by atoms with Crippen molar-refractivity contribution in [3.63, 3.8) is 0 Å². The molecule has 0 spiro atoms. The van der Waals surface area contributed by atoms with Crippen LogP contribution in [0.1, 0.15) is 44.1 Å². The van der Waals surface area contributed by atoms with Gasteiger partial charge in [-0.05, 0) is 62.4 Å². The largest absolute Gasteiger partial charge is 0.478 e. The van der Waals surface area contributed by atoms with E-state index in [0.29, 0.717) is 0 Å². The molecule has 1 heterocycles. The van der Waals surface area contributed by atoms with Crippen molar-refractivity contribution in [2.24, 2.45) is 17.8 Å². The van der Waals surface area contributed by atoms with Crippen molar-refractivity contribution in [3.05, 3.63) is 24.0 Å². The van der Waals surface area contributed by atoms with Crippen molar-refractivity contribution < 1.29 is 9.90 Å². The summed E-state index contributed by atoms with van der Waals surface area (Å²) in [6, 6.07) is 0. The zero-order valence-electron chi connectivity index (χ0n) is 11.5. The molecule has 4 nitrogen and oxygen atoms in total. The fraction of sp³-hybridized carbons (Fsp3) is 0.625. The van der Waals surface area contributed by atoms with E-state index < -0.39 is 5.97 Å². The Labute approximate surface area is 118 Å². The molecule has 4 aliphatic rings. The van der Waals surface area contributed by atoms with Crippen LogP contribution in [-0.4, -0.2) is 20.9 Å². The van der Waals surface area contributed by atoms with Gasteiger partial charge in [0.25, 0.3) is 0 Å². The van der Waals surface area contributed by atoms with E-state index in [1.807, 2.05) is 6.20 Å². The van der Waals surface area contributed by atoms with Crippen molar-refractivity contribution in [1.82, 2.24) is 9.78 Å². The third-order valence-electron chi connectivity index (χ3n) is 5.51. The highest BCUT2D eigenvalue weighted by Crippen LogP contribution is 2.58. The lowest BCUT2D eigenvalue weighted by Crippen LogP contribution is -2.52. The van der Waals surface area contributed by atoms with Crippen LogP contribution in [0.2, 0.25) is 0 Å². The number of hydrogen-bond donors (Lipinski definition) is 1. The number of carbonyl (C=O) groups is 1. The minimum Gasteiger partial charge on any atom is -0.478 e. The van der Waals surface area contributed by atoms with Gasteiger partial charge < -0.3 is 5.11 Å². The van der Waals surface area contributed by atoms with Crippen LogP contribution >= 0.6 is 0 Å². The molecule has 4 aliphatic carbocycles. The van der Waals surface area contributed by atoms with Gasteiger partial charge in [0.2, 0.25) is 0 Å². The van der Waals surface area contributed by atoms with Crippen molar-refractivity contribution in [1.29, 1.82) is 0 Å². The molecule has 0 aliphatic heterocycles. The van der Waals surface area contributed by atoms with E-state index in [4.69, 9.17) is 5.11 Å². The Hall–Kier alpha value is -1.58. The zero-order valence-corrected chi connectivity index (χ0v) is 11.5. The molecule has 0 atom stereocenters. The Morgan fingerprint density at radius 2 is 1.85 bits per heavy atom. The molecular formula is C16H20N2O2. The first-order valence-corrected chi connectivity index (χ1v) is 7.59. The molecule has 4 heteroatoms. The summed E-state index contributed by atoms with van der Waals surface area (Å²) in [7, 11) is 0. The molecule has 1 N–H and O–H groups in total. The third kappa shape index (κ3) is 1.89. The molecular weight excluding hydrogens is 252 g/mol. The van der Waals surface area contributed by atoms with E-state index >= 15 is 0 Å². The van der Waals surface area contributed by atoms with Crippen molar-refractivity contribution >= 4 is 12.0 Å². The first-order valence-electron chi connectivity index (χ1n) is 7.59. The van der Waals surface area contributed by atoms with Crippen LogP contribution < -0.4 is 0 Å². The summed E-state index contributed by atoms with van der Waals surface area (Å²) in [4.78, 5) is 10.6. The summed E-state index contributed by atoms with van der Waals surface area (Å²) < 4.78 is 2.15. The number of rotatable bonds is 3. The standard InChI is InChI=1S/C16H20N2O2/c19-15(20)2-1-11-9-17-18(10-11)16-6-12-3-13(7-16)5-14(4-12)8-16/h1-2,9-10,12-14H,3-8H2,(H,19,20)/b2-1+. The molecule has 0 saturated heterocycles. The number of aromatic nitrogens is 2. The lowest BCUT2D eigenvalue weighted by atomic mass is 9.53. The monoisotopic (exact) mass is 272 g/mol. The molecule has 4 bridgehead atoms. The van der Waals surface area contributed by atoms with Crippen molar-refractivity contribution in [3.8, 4) is 0 Å². The lowest BCUT2D eigenvalue weighted by molar-refractivity contribution is -0.131. The van der Waals surface area contributed by atoms with E-state index in [0.717, 1.165) is 23.3 Å². The molecule has 4 fully saturated rings. The van der Waals surface area contributed by atoms with E-state index in [2.05, 4.69) is 9.78 Å². The molecule has 5 rings (SSSR count). The van der Waals surface area contributed by atoms with Crippen LogP contribution in [-0.2, 0) is 10.3 Å². The quantitative estimate of drug-likeness (QED) is 0.861. The molecule has 1 aromatic heterocycles. The lowest BCUT2D eigenvalue weighted by Gasteiger charge is -2.56. The van der Waals surface area contributed by atoms with Gasteiger partial charge in [0, 0.05) is 17.8 Å². The minimum absolute atomic E-state index is 0.226. The summed E-state index contributed by atoms with van der Waals surface area (Å²) in [6.07, 6.45) is 14.7. The molecule has 0 unspecified atom stereocenters. The second-order valence-corrected chi connectivity index (χ2v) is 7.03. The number of aliphatic carboxylic acids is 1. The SMILES string of the molecule is O=C(O)/C=C/c1cnn(C23CC4CC(CC(C4)C2)C3)c1. The third-order valence-corrected chi connectivity index (χ3v) is 5.51. The number of carboxylic acid groups (broad SMARTS) is 1. The predicted molar refractivity (Wildman–Crippen MR) is 75.0 cm³/mol. The highest BCUT2D eigenvalue weighted by molar-refractivity contribution is 5.85. The first kappa shape index (κ1) is 12.2. The molecule has 4 saturated carbocycles. The smallest absolute Gasteiger partial charge is 0.328 e. The van der Waals surface area contributed by atoms with Crippen LogP contribution in [0.4, 0.5) is 0 Å². The van der Waals surface area contributed by atoms with Gasteiger partial charge in [-0.25, -0.2) is 4.79 Å². The summed E-state index contributed by atoms with van der Waals surface area (Å²) >= 11 is 0. The number of hydrogen-bond acceptors (Lipinski definition) is 2. The van der Waals surface area contributed by atoms with Crippen LogP contribution in [0.3, 0.4) is 0 Å². The van der Waals surface area contributed by atoms with Gasteiger partial charge in [0.05, 0.1) is 11.7 Å². The van der Waals surface area contributed by atoms with Crippen LogP contribution in [0, 0.1) is 17.8 Å². The Morgan fingerprint density at radius 1 is 1.25 bits per heavy atom. The summed E-state index contributed by atoms with van der Waals surface area (Å²) in [5.74, 6) is 1.77. The number of nitrogens with zero attached hydrogens (tertiary/aromatic N) is 2. The van der Waals surface area contributed by atoms with E-state index in [9.17, 15) is 4.79 Å². The Morgan fingerprint density at radius 3 is 2.40 bits per heavy atom. The van der Waals surface area contributed by atoms with Crippen molar-refractivity contribution in [2.45, 2.75) is 44.1 Å². The van der Waals surface area contributed by atoms with Gasteiger partial charge in [-0.15, -0.1) is 0 Å². The summed E-state index contributed by atoms with van der Waals surface area (Å²) in [5, 5.41) is 13.3. The Bertz CT molecular complexity index is 538. The average molecular weight is 272 g/mol. The fourth-order valence-corrected chi connectivity index (χ4v) is 5.20. The van der Waals surface area contributed by atoms with Gasteiger partial charge in [0.15, 0.2) is 0 Å². The van der Waals surface area contributed by atoms with Gasteiger partial charge in [-0.1, -0.05) is 0 Å². The fourth-order valence-electron chi connectivity index (χ4n) is 5.20. The van der Waals surface area contributed by atoms with Gasteiger partial charge in [0.1, 0.15) is 0 Å². The normalized spacial score (nSPS) is 38.7. The van der Waals surface area contributed by atoms with Gasteiger partial charge in [-0.2, -0.15) is 5.10 Å². The predicted octanol–water partition coefficient (Wildman–Crippen LogP) is 2.91. The molecule has 1 aromatic rings. The summed E-state index contributed by atoms with van der Waals surface area (Å²) in [6.45, 7) is 0. The minimum atomic E-state index is -0.910. The Balaban J connectivity index is 1.62. The summed E-state index contributed by atoms with van der Waals surface area (Å²) in [5.41, 5.74) is 1.12. The van der Waals surface area contributed by atoms with Crippen molar-refractivity contribution in [2.75, 3.05) is 0 Å². The number of carboxylic acids is 1. The Kier molecular flexibility index (Phi) is 2.56. The van der Waals surface area contributed by atoms with Crippen LogP contribution in [0.5, 0.6) is 0 Å². The highest BCUT2D eigenvalue weighted by Gasteiger charge is 2.52. The highest BCUT2D eigenvalue weighted by atomic mass is 16.4. The maximum absolute atomic E-state index is 10.6. The molecule has 106 valence electrons. The van der Waals surface area contributed by atoms with Crippen LogP contribution in [0.25, 0.3) is 6.08 Å². The molecule has 0 radical (unpaired) electrons. The van der Waals surface area contributed by atoms with E-state index in [-0.39, 0.29) is 5.54 Å². The van der Waals surface area contributed by atoms with Gasteiger partial charge in [-0.3, -0.25) is 4.68 Å². The molecule has 0 aromatic carbocycles. The van der Waals surface area contributed by atoms with E-state index in [1.54, 1.807) is 12.3 Å². The van der Waals surface area contributed by atoms with E-state index in [1.165, 1.54) is 44.6 Å². The average Bonchev–Trinajstić information content (AvgIpc) is 2.84. The van der Waals surface area contributed by atoms with Crippen LogP contribution in [0.15, 0.2) is 18.5 Å². The topological polar surface area (TPSA) is 55.1 Å². The van der Waals surface area contributed by atoms with Gasteiger partial charge >= 0.3 is 5.97 Å². The second kappa shape index (κ2) is 4.21. The molecule has 0 amide bonds.